The van der Waals surface area contributed by atoms with Crippen molar-refractivity contribution in [3.63, 3.8) is 0 Å². The summed E-state index contributed by atoms with van der Waals surface area (Å²) in [6.45, 7) is 3.76. The molecule has 1 aromatic heterocycles. The second-order valence-corrected chi connectivity index (χ2v) is 6.31. The van der Waals surface area contributed by atoms with Gasteiger partial charge < -0.3 is 9.30 Å². The summed E-state index contributed by atoms with van der Waals surface area (Å²) in [6.07, 6.45) is 0. The minimum absolute atomic E-state index is 0.0332. The lowest BCUT2D eigenvalue weighted by molar-refractivity contribution is 0.0518. The minimum atomic E-state index is -0.684. The molecule has 0 aliphatic carbocycles. The third kappa shape index (κ3) is 2.05. The van der Waals surface area contributed by atoms with Gasteiger partial charge in [-0.2, -0.15) is 0 Å². The number of carbonyl (C=O) groups is 1. The van der Waals surface area contributed by atoms with Gasteiger partial charge in [-0.15, -0.1) is 0 Å². The number of fused-ring (bicyclic) bond motifs is 3. The number of rotatable bonds is 2. The highest BCUT2D eigenvalue weighted by Gasteiger charge is 2.33. The van der Waals surface area contributed by atoms with Crippen LogP contribution in [0.15, 0.2) is 22.0 Å². The molecule has 0 N–H and O–H groups in total. The largest absolute Gasteiger partial charge is 0.462 e. The Labute approximate surface area is 128 Å². The Kier molecular flexibility index (Phi) is 3.45. The molecule has 2 aromatic rings. The van der Waals surface area contributed by atoms with E-state index in [-0.39, 0.29) is 28.0 Å². The molecule has 1 aliphatic heterocycles. The van der Waals surface area contributed by atoms with Crippen LogP contribution in [-0.4, -0.2) is 17.1 Å². The van der Waals surface area contributed by atoms with E-state index in [1.807, 2.05) is 6.92 Å². The molecule has 1 aliphatic rings. The molecule has 1 unspecified atom stereocenters. The predicted molar refractivity (Wildman–Crippen MR) is 79.7 cm³/mol. The molecule has 0 radical (unpaired) electrons. The Bertz CT molecular complexity index is 833. The smallest absolute Gasteiger partial charge is 0.344 e. The summed E-state index contributed by atoms with van der Waals surface area (Å²) in [4.78, 5) is 24.5. The monoisotopic (exact) mass is 327 g/mol. The Morgan fingerprint density at radius 2 is 2.24 bits per heavy atom. The van der Waals surface area contributed by atoms with Crippen LogP contribution >= 0.6 is 23.4 Å². The van der Waals surface area contributed by atoms with E-state index in [1.54, 1.807) is 11.5 Å². The van der Waals surface area contributed by atoms with Crippen LogP contribution in [0.25, 0.3) is 10.9 Å². The van der Waals surface area contributed by atoms with Crippen LogP contribution < -0.4 is 5.43 Å². The molecule has 0 fully saturated rings. The van der Waals surface area contributed by atoms with Crippen molar-refractivity contribution in [2.24, 2.45) is 0 Å². The summed E-state index contributed by atoms with van der Waals surface area (Å²) < 4.78 is 20.4. The molecular weight excluding hydrogens is 317 g/mol. The van der Waals surface area contributed by atoms with E-state index in [9.17, 15) is 14.0 Å². The third-order valence-corrected chi connectivity index (χ3v) is 4.79. The van der Waals surface area contributed by atoms with Crippen molar-refractivity contribution in [3.8, 4) is 0 Å². The second-order valence-electron chi connectivity index (χ2n) is 4.60. The normalized spacial score (nSPS) is 16.5. The lowest BCUT2D eigenvalue weighted by Crippen LogP contribution is -2.29. The highest BCUT2D eigenvalue weighted by atomic mass is 35.5. The first-order chi connectivity index (χ1) is 9.95. The van der Waals surface area contributed by atoms with Gasteiger partial charge in [0.2, 0.25) is 5.43 Å². The van der Waals surface area contributed by atoms with Crippen molar-refractivity contribution in [1.82, 2.24) is 4.57 Å². The maximum absolute atomic E-state index is 13.7. The van der Waals surface area contributed by atoms with Crippen LogP contribution in [0, 0.1) is 5.82 Å². The van der Waals surface area contributed by atoms with E-state index in [0.717, 1.165) is 6.07 Å². The van der Waals surface area contributed by atoms with Gasteiger partial charge in [-0.05, 0) is 26.0 Å². The number of hydrogen-bond acceptors (Lipinski definition) is 4. The van der Waals surface area contributed by atoms with Crippen molar-refractivity contribution in [2.45, 2.75) is 24.2 Å². The quantitative estimate of drug-likeness (QED) is 0.791. The Morgan fingerprint density at radius 1 is 1.52 bits per heavy atom. The van der Waals surface area contributed by atoms with Gasteiger partial charge in [0.05, 0.1) is 27.5 Å². The van der Waals surface area contributed by atoms with Crippen LogP contribution in [-0.2, 0) is 4.74 Å². The zero-order valence-electron chi connectivity index (χ0n) is 11.3. The summed E-state index contributed by atoms with van der Waals surface area (Å²) in [5.74, 6) is -1.36. The molecule has 0 saturated heterocycles. The predicted octanol–water partition coefficient (Wildman–Crippen LogP) is 3.59. The van der Waals surface area contributed by atoms with Crippen LogP contribution in [0.4, 0.5) is 4.39 Å². The lowest BCUT2D eigenvalue weighted by atomic mass is 10.1. The molecule has 3 rings (SSSR count). The van der Waals surface area contributed by atoms with Crippen molar-refractivity contribution in [1.29, 1.82) is 0 Å². The van der Waals surface area contributed by atoms with E-state index >= 15 is 0 Å². The van der Waals surface area contributed by atoms with E-state index in [0.29, 0.717) is 10.5 Å². The second kappa shape index (κ2) is 5.03. The number of pyridine rings is 1. The number of carbonyl (C=O) groups excluding carboxylic acids is 1. The lowest BCUT2D eigenvalue weighted by Gasteiger charge is -2.32. The fourth-order valence-corrected chi connectivity index (χ4v) is 3.71. The van der Waals surface area contributed by atoms with Gasteiger partial charge in [-0.3, -0.25) is 4.79 Å². The average Bonchev–Trinajstić information content (AvgIpc) is 2.41. The summed E-state index contributed by atoms with van der Waals surface area (Å²) in [6, 6.07) is 2.49. The molecule has 7 heteroatoms. The third-order valence-electron chi connectivity index (χ3n) is 3.33. The van der Waals surface area contributed by atoms with Gasteiger partial charge in [0.1, 0.15) is 11.4 Å². The van der Waals surface area contributed by atoms with Gasteiger partial charge in [-0.1, -0.05) is 23.4 Å². The molecule has 0 bridgehead atoms. The van der Waals surface area contributed by atoms with Crippen molar-refractivity contribution in [2.75, 3.05) is 6.61 Å². The topological polar surface area (TPSA) is 48.3 Å². The fraction of sp³-hybridized carbons (Fsp3) is 0.286. The number of aromatic nitrogens is 1. The number of hydrogen-bond donors (Lipinski definition) is 0. The fourth-order valence-electron chi connectivity index (χ4n) is 2.40. The Hall–Kier alpha value is -1.53. The van der Waals surface area contributed by atoms with Gasteiger partial charge in [0.25, 0.3) is 0 Å². The van der Waals surface area contributed by atoms with E-state index in [1.165, 1.54) is 17.8 Å². The van der Waals surface area contributed by atoms with Gasteiger partial charge in [-0.25, -0.2) is 9.18 Å². The highest BCUT2D eigenvalue weighted by Crippen LogP contribution is 2.46. The van der Waals surface area contributed by atoms with Crippen molar-refractivity contribution >= 4 is 40.2 Å². The minimum Gasteiger partial charge on any atom is -0.462 e. The summed E-state index contributed by atoms with van der Waals surface area (Å²) in [5.41, 5.74) is -0.0282. The van der Waals surface area contributed by atoms with Crippen molar-refractivity contribution in [3.05, 3.63) is 38.8 Å². The maximum Gasteiger partial charge on any atom is 0.344 e. The molecule has 0 spiro atoms. The summed E-state index contributed by atoms with van der Waals surface area (Å²) in [5, 5.41) is 0.666. The first-order valence-electron chi connectivity index (χ1n) is 6.36. The zero-order valence-corrected chi connectivity index (χ0v) is 12.8. The van der Waals surface area contributed by atoms with E-state index in [4.69, 9.17) is 16.3 Å². The summed E-state index contributed by atoms with van der Waals surface area (Å²) >= 11 is 7.20. The number of ether oxygens (including phenoxy) is 1. The molecule has 0 saturated carbocycles. The molecular formula is C14H11ClFNO3S. The van der Waals surface area contributed by atoms with Gasteiger partial charge in [0, 0.05) is 5.39 Å². The van der Waals surface area contributed by atoms with Crippen LogP contribution in [0.2, 0.25) is 5.02 Å². The number of halogens is 2. The maximum atomic E-state index is 13.7. The Morgan fingerprint density at radius 3 is 2.86 bits per heavy atom. The van der Waals surface area contributed by atoms with Crippen LogP contribution in [0.3, 0.4) is 0 Å². The highest BCUT2D eigenvalue weighted by molar-refractivity contribution is 8.00. The van der Waals surface area contributed by atoms with E-state index < -0.39 is 17.2 Å². The zero-order chi connectivity index (χ0) is 15.3. The first-order valence-corrected chi connectivity index (χ1v) is 7.62. The van der Waals surface area contributed by atoms with Gasteiger partial charge in [0.15, 0.2) is 0 Å². The summed E-state index contributed by atoms with van der Waals surface area (Å²) in [7, 11) is 0. The number of esters is 1. The standard InChI is InChI=1S/C14H11ClFNO3S/c1-3-20-14(19)11-12(18)7-4-9(16)8(15)5-10(7)17-6(2)21-13(11)17/h4-6H,3H2,1-2H3. The molecule has 1 atom stereocenters. The molecule has 0 amide bonds. The van der Waals surface area contributed by atoms with E-state index in [2.05, 4.69) is 0 Å². The van der Waals surface area contributed by atoms with Crippen molar-refractivity contribution < 1.29 is 13.9 Å². The SMILES string of the molecule is CCOC(=O)c1c2n(c3cc(Cl)c(F)cc3c1=O)C(C)S2. The molecule has 4 nitrogen and oxygen atoms in total. The first kappa shape index (κ1) is 14.4. The van der Waals surface area contributed by atoms with Gasteiger partial charge >= 0.3 is 5.97 Å². The number of thioether (sulfide) groups is 1. The number of benzene rings is 1. The average molecular weight is 328 g/mol. The molecule has 1 aromatic carbocycles. The number of nitrogens with zero attached hydrogens (tertiary/aromatic N) is 1. The van der Waals surface area contributed by atoms with Crippen LogP contribution in [0.1, 0.15) is 29.6 Å². The molecule has 2 heterocycles. The molecule has 110 valence electrons. The van der Waals surface area contributed by atoms with Crippen LogP contribution in [0.5, 0.6) is 0 Å². The Balaban J connectivity index is 2.39. The molecule has 21 heavy (non-hydrogen) atoms.